The number of benzene rings is 1. The maximum absolute atomic E-state index is 13.5. The van der Waals surface area contributed by atoms with E-state index >= 15 is 0 Å². The van der Waals surface area contributed by atoms with E-state index in [4.69, 9.17) is 9.41 Å². The summed E-state index contributed by atoms with van der Waals surface area (Å²) in [6, 6.07) is 16.2. The quantitative estimate of drug-likeness (QED) is 0.404. The molecule has 1 atom stereocenters. The van der Waals surface area contributed by atoms with Gasteiger partial charge in [-0.1, -0.05) is 41.7 Å². The van der Waals surface area contributed by atoms with Crippen LogP contribution in [-0.4, -0.2) is 4.57 Å². The zero-order valence-corrected chi connectivity index (χ0v) is 18.9. The van der Waals surface area contributed by atoms with Crippen molar-refractivity contribution in [1.29, 1.82) is 0 Å². The normalized spacial score (nSPS) is 18.0. The molecule has 7 heteroatoms. The maximum Gasteiger partial charge on any atom is 0.271 e. The number of allylic oxidation sites excluding steroid dienone is 1. The molecule has 4 aromatic rings. The summed E-state index contributed by atoms with van der Waals surface area (Å²) < 4.78 is 8.74. The molecule has 30 heavy (non-hydrogen) atoms. The fraction of sp³-hybridized carbons (Fsp3) is 0.130. The van der Waals surface area contributed by atoms with Crippen LogP contribution < -0.4 is 14.9 Å². The van der Waals surface area contributed by atoms with Gasteiger partial charge in [-0.2, -0.15) is 0 Å². The lowest BCUT2D eigenvalue weighted by atomic mass is 9.85. The number of hydrogen-bond donors (Lipinski definition) is 0. The number of nitrogens with zero attached hydrogens (tertiary/aromatic N) is 2. The van der Waals surface area contributed by atoms with Gasteiger partial charge >= 0.3 is 0 Å². The minimum atomic E-state index is -0.102. The van der Waals surface area contributed by atoms with Gasteiger partial charge in [0.1, 0.15) is 5.76 Å². The molecule has 0 saturated carbocycles. The van der Waals surface area contributed by atoms with E-state index < -0.39 is 0 Å². The summed E-state index contributed by atoms with van der Waals surface area (Å²) in [5.41, 5.74) is 4.76. The predicted octanol–water partition coefficient (Wildman–Crippen LogP) is 4.74. The smallest absolute Gasteiger partial charge is 0.271 e. The molecule has 6 rings (SSSR count). The van der Waals surface area contributed by atoms with Gasteiger partial charge in [-0.3, -0.25) is 9.36 Å². The molecule has 0 radical (unpaired) electrons. The topological polar surface area (TPSA) is 47.5 Å². The maximum atomic E-state index is 13.5. The Morgan fingerprint density at radius 2 is 2.03 bits per heavy atom. The Kier molecular flexibility index (Phi) is 4.30. The highest BCUT2D eigenvalue weighted by Crippen LogP contribution is 2.42. The van der Waals surface area contributed by atoms with Crippen molar-refractivity contribution in [3.63, 3.8) is 0 Å². The molecule has 0 amide bonds. The molecule has 4 nitrogen and oxygen atoms in total. The van der Waals surface area contributed by atoms with Crippen molar-refractivity contribution in [2.45, 2.75) is 18.9 Å². The van der Waals surface area contributed by atoms with Crippen molar-refractivity contribution in [3.05, 3.63) is 106 Å². The number of rotatable bonds is 2. The van der Waals surface area contributed by atoms with E-state index in [1.807, 2.05) is 22.8 Å². The Hall–Kier alpha value is -2.48. The van der Waals surface area contributed by atoms with E-state index in [1.54, 1.807) is 17.4 Å². The number of furan rings is 1. The third kappa shape index (κ3) is 2.84. The van der Waals surface area contributed by atoms with E-state index in [0.29, 0.717) is 15.0 Å². The van der Waals surface area contributed by atoms with E-state index in [-0.39, 0.29) is 11.6 Å². The van der Waals surface area contributed by atoms with Gasteiger partial charge in [0, 0.05) is 16.5 Å². The van der Waals surface area contributed by atoms with Gasteiger partial charge in [0.05, 0.1) is 16.3 Å². The summed E-state index contributed by atoms with van der Waals surface area (Å²) in [7, 11) is 0. The first-order valence-electron chi connectivity index (χ1n) is 9.61. The monoisotopic (exact) mass is 494 g/mol. The van der Waals surface area contributed by atoms with Crippen LogP contribution in [0.25, 0.3) is 11.8 Å². The molecule has 0 saturated heterocycles. The summed E-state index contributed by atoms with van der Waals surface area (Å²) in [4.78, 5) is 20.4. The molecule has 1 aliphatic carbocycles. The Labute approximate surface area is 188 Å². The Morgan fingerprint density at radius 1 is 1.13 bits per heavy atom. The number of aromatic nitrogens is 1. The van der Waals surface area contributed by atoms with E-state index in [0.717, 1.165) is 23.3 Å². The number of thiophene rings is 1. The summed E-state index contributed by atoms with van der Waals surface area (Å²) >= 11 is 6.43. The zero-order valence-electron chi connectivity index (χ0n) is 15.7. The minimum absolute atomic E-state index is 0.0184. The predicted molar refractivity (Wildman–Crippen MR) is 123 cm³/mol. The van der Waals surface area contributed by atoms with Gasteiger partial charge in [-0.15, -0.1) is 11.3 Å². The Morgan fingerprint density at radius 3 is 2.83 bits per heavy atom. The van der Waals surface area contributed by atoms with Crippen LogP contribution in [0.4, 0.5) is 0 Å². The van der Waals surface area contributed by atoms with Gasteiger partial charge < -0.3 is 4.42 Å². The molecule has 0 fully saturated rings. The number of thiazole rings is 1. The number of aryl methyl sites for hydroxylation is 1. The largest absolute Gasteiger partial charge is 0.450 e. The fourth-order valence-electron chi connectivity index (χ4n) is 4.25. The molecule has 1 aliphatic heterocycles. The van der Waals surface area contributed by atoms with Crippen LogP contribution in [0.1, 0.15) is 34.2 Å². The van der Waals surface area contributed by atoms with E-state index in [1.165, 1.54) is 32.9 Å². The molecular formula is C23H15BrN2O2S2. The summed E-state index contributed by atoms with van der Waals surface area (Å²) in [6.45, 7) is 0. The SMILES string of the molecule is O=c1/c(=C\c2ccc(Br)o2)sc2n1C(c1cccs1)C1=C(N=2)c2ccccc2CC1. The highest BCUT2D eigenvalue weighted by molar-refractivity contribution is 9.10. The molecule has 2 aliphatic rings. The van der Waals surface area contributed by atoms with Crippen LogP contribution in [0, 0.1) is 0 Å². The van der Waals surface area contributed by atoms with Crippen LogP contribution in [-0.2, 0) is 6.42 Å². The molecule has 4 heterocycles. The minimum Gasteiger partial charge on any atom is -0.450 e. The number of fused-ring (bicyclic) bond motifs is 3. The lowest BCUT2D eigenvalue weighted by Crippen LogP contribution is -2.38. The Bertz CT molecular complexity index is 1490. The average Bonchev–Trinajstić information content (AvgIpc) is 3.49. The van der Waals surface area contributed by atoms with Crippen molar-refractivity contribution < 1.29 is 4.42 Å². The van der Waals surface area contributed by atoms with Crippen molar-refractivity contribution in [2.75, 3.05) is 0 Å². The van der Waals surface area contributed by atoms with Gasteiger partial charge in [-0.25, -0.2) is 4.99 Å². The second kappa shape index (κ2) is 7.04. The van der Waals surface area contributed by atoms with E-state index in [9.17, 15) is 4.79 Å². The van der Waals surface area contributed by atoms with Gasteiger partial charge in [-0.05, 0) is 63.5 Å². The molecular weight excluding hydrogens is 480 g/mol. The van der Waals surface area contributed by atoms with Crippen LogP contribution in [0.15, 0.2) is 78.4 Å². The first-order chi connectivity index (χ1) is 14.7. The summed E-state index contributed by atoms with van der Waals surface area (Å²) in [5, 5.41) is 2.07. The van der Waals surface area contributed by atoms with E-state index in [2.05, 4.69) is 51.6 Å². The average molecular weight is 495 g/mol. The second-order valence-corrected chi connectivity index (χ2v) is 10.0. The molecule has 0 spiro atoms. The van der Waals surface area contributed by atoms with Crippen LogP contribution in [0.3, 0.4) is 0 Å². The first-order valence-corrected chi connectivity index (χ1v) is 12.1. The number of halogens is 1. The summed E-state index contributed by atoms with van der Waals surface area (Å²) in [6.07, 6.45) is 3.68. The zero-order chi connectivity index (χ0) is 20.2. The highest BCUT2D eigenvalue weighted by atomic mass is 79.9. The first kappa shape index (κ1) is 18.3. The number of hydrogen-bond acceptors (Lipinski definition) is 5. The van der Waals surface area contributed by atoms with Crippen molar-refractivity contribution in [3.8, 4) is 0 Å². The molecule has 148 valence electrons. The highest BCUT2D eigenvalue weighted by Gasteiger charge is 2.32. The Balaban J connectivity index is 1.64. The van der Waals surface area contributed by atoms with Gasteiger partial charge in [0.25, 0.3) is 5.56 Å². The molecule has 0 bridgehead atoms. The van der Waals surface area contributed by atoms with Gasteiger partial charge in [0.2, 0.25) is 0 Å². The lowest BCUT2D eigenvalue weighted by molar-refractivity contribution is 0.531. The molecule has 1 unspecified atom stereocenters. The summed E-state index contributed by atoms with van der Waals surface area (Å²) in [5.74, 6) is 0.647. The van der Waals surface area contributed by atoms with Crippen LogP contribution in [0.2, 0.25) is 0 Å². The second-order valence-electron chi connectivity index (χ2n) is 7.27. The lowest BCUT2D eigenvalue weighted by Gasteiger charge is -2.30. The third-order valence-corrected chi connectivity index (χ3v) is 7.89. The standard InChI is InChI=1S/C23H15BrN2O2S2/c24-19-10-8-14(28-19)12-18-22(27)26-21(17-6-3-11-29-17)16-9-7-13-4-1-2-5-15(13)20(16)25-23(26)30-18/h1-6,8,10-12,21H,7,9H2/b18-12+. The molecule has 3 aromatic heterocycles. The van der Waals surface area contributed by atoms with Crippen LogP contribution in [0.5, 0.6) is 0 Å². The van der Waals surface area contributed by atoms with Crippen molar-refractivity contribution in [1.82, 2.24) is 4.57 Å². The van der Waals surface area contributed by atoms with Crippen molar-refractivity contribution >= 4 is 50.4 Å². The fourth-order valence-corrected chi connectivity index (χ4v) is 6.40. The third-order valence-electron chi connectivity index (χ3n) is 5.55. The molecule has 1 aromatic carbocycles. The van der Waals surface area contributed by atoms with Gasteiger partial charge in [0.15, 0.2) is 9.47 Å². The van der Waals surface area contributed by atoms with Crippen LogP contribution >= 0.6 is 38.6 Å². The molecule has 0 N–H and O–H groups in total. The van der Waals surface area contributed by atoms with Crippen molar-refractivity contribution in [2.24, 2.45) is 4.99 Å².